The highest BCUT2D eigenvalue weighted by atomic mass is 16.5. The average Bonchev–Trinajstić information content (AvgIpc) is 3.13. The third-order valence-corrected chi connectivity index (χ3v) is 4.11. The van der Waals surface area contributed by atoms with Crippen LogP contribution in [0.1, 0.15) is 37.6 Å². The van der Waals surface area contributed by atoms with Crippen LogP contribution in [0.25, 0.3) is 11.5 Å². The van der Waals surface area contributed by atoms with Crippen LogP contribution in [0, 0.1) is 0 Å². The van der Waals surface area contributed by atoms with Gasteiger partial charge in [-0.15, -0.1) is 0 Å². The van der Waals surface area contributed by atoms with Gasteiger partial charge in [0.1, 0.15) is 12.0 Å². The Balaban J connectivity index is 1.70. The van der Waals surface area contributed by atoms with E-state index in [4.69, 9.17) is 9.15 Å². The molecule has 0 spiro atoms. The SMILES string of the molecule is CCOc1ccccc1-c1nc(CNC(CC)c2ccccc2)co1. The van der Waals surface area contributed by atoms with E-state index < -0.39 is 0 Å². The molecular formula is C21H24N2O2. The van der Waals surface area contributed by atoms with E-state index in [0.717, 1.165) is 23.4 Å². The van der Waals surface area contributed by atoms with Gasteiger partial charge in [0, 0.05) is 12.6 Å². The van der Waals surface area contributed by atoms with Crippen molar-refractivity contribution in [3.05, 3.63) is 72.1 Å². The van der Waals surface area contributed by atoms with Crippen LogP contribution in [0.3, 0.4) is 0 Å². The van der Waals surface area contributed by atoms with E-state index in [1.165, 1.54) is 5.56 Å². The third kappa shape index (κ3) is 4.28. The van der Waals surface area contributed by atoms with E-state index in [1.807, 2.05) is 37.3 Å². The monoisotopic (exact) mass is 336 g/mol. The standard InChI is InChI=1S/C21H24N2O2/c1-3-19(16-10-6-5-7-11-16)22-14-17-15-25-21(23-17)18-12-8-9-13-20(18)24-4-2/h5-13,15,19,22H,3-4,14H2,1-2H3. The highest BCUT2D eigenvalue weighted by molar-refractivity contribution is 5.62. The first-order valence-electron chi connectivity index (χ1n) is 8.76. The van der Waals surface area contributed by atoms with Crippen molar-refractivity contribution in [3.63, 3.8) is 0 Å². The molecule has 0 fully saturated rings. The molecule has 25 heavy (non-hydrogen) atoms. The molecule has 1 N–H and O–H groups in total. The summed E-state index contributed by atoms with van der Waals surface area (Å²) in [5, 5.41) is 3.55. The minimum absolute atomic E-state index is 0.303. The van der Waals surface area contributed by atoms with Crippen molar-refractivity contribution in [3.8, 4) is 17.2 Å². The van der Waals surface area contributed by atoms with Crippen molar-refractivity contribution in [2.75, 3.05) is 6.61 Å². The Bertz CT molecular complexity index is 783. The van der Waals surface area contributed by atoms with Gasteiger partial charge in [-0.1, -0.05) is 49.4 Å². The van der Waals surface area contributed by atoms with Gasteiger partial charge >= 0.3 is 0 Å². The lowest BCUT2D eigenvalue weighted by Crippen LogP contribution is -2.20. The summed E-state index contributed by atoms with van der Waals surface area (Å²) in [6, 6.07) is 18.6. The molecule has 0 saturated heterocycles. The van der Waals surface area contributed by atoms with Gasteiger partial charge in [0.05, 0.1) is 17.9 Å². The van der Waals surface area contributed by atoms with Crippen LogP contribution in [0.2, 0.25) is 0 Å². The van der Waals surface area contributed by atoms with Gasteiger partial charge in [-0.3, -0.25) is 0 Å². The lowest BCUT2D eigenvalue weighted by atomic mass is 10.0. The number of hydrogen-bond acceptors (Lipinski definition) is 4. The Morgan fingerprint density at radius 2 is 1.80 bits per heavy atom. The van der Waals surface area contributed by atoms with Crippen molar-refractivity contribution < 1.29 is 9.15 Å². The van der Waals surface area contributed by atoms with E-state index in [0.29, 0.717) is 25.1 Å². The second-order valence-corrected chi connectivity index (χ2v) is 5.83. The summed E-state index contributed by atoms with van der Waals surface area (Å²) in [5.41, 5.74) is 3.05. The summed E-state index contributed by atoms with van der Waals surface area (Å²) in [7, 11) is 0. The summed E-state index contributed by atoms with van der Waals surface area (Å²) in [4.78, 5) is 4.61. The zero-order valence-electron chi connectivity index (χ0n) is 14.7. The van der Waals surface area contributed by atoms with E-state index in [2.05, 4.69) is 41.5 Å². The van der Waals surface area contributed by atoms with Crippen molar-refractivity contribution >= 4 is 0 Å². The number of nitrogens with one attached hydrogen (secondary N) is 1. The number of aromatic nitrogens is 1. The number of rotatable bonds is 8. The molecule has 1 aromatic heterocycles. The number of para-hydroxylation sites is 1. The van der Waals surface area contributed by atoms with Crippen LogP contribution >= 0.6 is 0 Å². The molecule has 4 nitrogen and oxygen atoms in total. The normalized spacial score (nSPS) is 12.1. The van der Waals surface area contributed by atoms with Crippen LogP contribution in [-0.2, 0) is 6.54 Å². The van der Waals surface area contributed by atoms with E-state index in [9.17, 15) is 0 Å². The molecule has 1 atom stereocenters. The summed E-state index contributed by atoms with van der Waals surface area (Å²) >= 11 is 0. The zero-order chi connectivity index (χ0) is 17.5. The predicted octanol–water partition coefficient (Wildman–Crippen LogP) is 4.98. The smallest absolute Gasteiger partial charge is 0.229 e. The van der Waals surface area contributed by atoms with Crippen LogP contribution in [0.5, 0.6) is 5.75 Å². The third-order valence-electron chi connectivity index (χ3n) is 4.11. The maximum absolute atomic E-state index is 5.68. The maximum atomic E-state index is 5.68. The van der Waals surface area contributed by atoms with Crippen LogP contribution in [0.15, 0.2) is 65.3 Å². The minimum atomic E-state index is 0.303. The molecule has 0 amide bonds. The summed E-state index contributed by atoms with van der Waals surface area (Å²) < 4.78 is 11.3. The predicted molar refractivity (Wildman–Crippen MR) is 99.4 cm³/mol. The number of hydrogen-bond donors (Lipinski definition) is 1. The summed E-state index contributed by atoms with van der Waals surface area (Å²) in [5.74, 6) is 1.38. The van der Waals surface area contributed by atoms with Crippen LogP contribution < -0.4 is 10.1 Å². The Morgan fingerprint density at radius 1 is 1.04 bits per heavy atom. The first kappa shape index (κ1) is 17.2. The molecule has 0 saturated carbocycles. The molecule has 3 aromatic rings. The minimum Gasteiger partial charge on any atom is -0.493 e. The molecule has 0 bridgehead atoms. The Kier molecular flexibility index (Phi) is 5.86. The van der Waals surface area contributed by atoms with Gasteiger partial charge in [-0.2, -0.15) is 0 Å². The average molecular weight is 336 g/mol. The molecule has 4 heteroatoms. The first-order chi connectivity index (χ1) is 12.3. The summed E-state index contributed by atoms with van der Waals surface area (Å²) in [6.07, 6.45) is 2.73. The highest BCUT2D eigenvalue weighted by Crippen LogP contribution is 2.29. The van der Waals surface area contributed by atoms with Crippen molar-refractivity contribution in [1.29, 1.82) is 0 Å². The quantitative estimate of drug-likeness (QED) is 0.630. The summed E-state index contributed by atoms with van der Waals surface area (Å²) in [6.45, 7) is 5.42. The lowest BCUT2D eigenvalue weighted by Gasteiger charge is -2.16. The van der Waals surface area contributed by atoms with Gasteiger partial charge < -0.3 is 14.5 Å². The fraction of sp³-hybridized carbons (Fsp3) is 0.286. The van der Waals surface area contributed by atoms with Crippen molar-refractivity contribution in [2.45, 2.75) is 32.9 Å². The van der Waals surface area contributed by atoms with Gasteiger partial charge in [0.25, 0.3) is 0 Å². The number of benzene rings is 2. The van der Waals surface area contributed by atoms with Gasteiger partial charge in [-0.25, -0.2) is 4.98 Å². The van der Waals surface area contributed by atoms with Crippen molar-refractivity contribution in [2.24, 2.45) is 0 Å². The molecule has 1 heterocycles. The second-order valence-electron chi connectivity index (χ2n) is 5.83. The first-order valence-corrected chi connectivity index (χ1v) is 8.76. The number of nitrogens with zero attached hydrogens (tertiary/aromatic N) is 1. The lowest BCUT2D eigenvalue weighted by molar-refractivity contribution is 0.340. The number of oxazole rings is 1. The van der Waals surface area contributed by atoms with Gasteiger partial charge in [0.15, 0.2) is 0 Å². The molecule has 3 rings (SSSR count). The molecule has 130 valence electrons. The molecule has 0 aliphatic heterocycles. The number of ether oxygens (including phenoxy) is 1. The highest BCUT2D eigenvalue weighted by Gasteiger charge is 2.13. The molecule has 0 aliphatic rings. The van der Waals surface area contributed by atoms with E-state index in [-0.39, 0.29) is 0 Å². The molecule has 0 radical (unpaired) electrons. The van der Waals surface area contributed by atoms with Crippen LogP contribution in [-0.4, -0.2) is 11.6 Å². The molecule has 0 aliphatic carbocycles. The van der Waals surface area contributed by atoms with Crippen LogP contribution in [0.4, 0.5) is 0 Å². The fourth-order valence-electron chi connectivity index (χ4n) is 2.85. The Labute approximate surface area is 148 Å². The van der Waals surface area contributed by atoms with E-state index in [1.54, 1.807) is 6.26 Å². The largest absolute Gasteiger partial charge is 0.493 e. The topological polar surface area (TPSA) is 47.3 Å². The molecule has 2 aromatic carbocycles. The second kappa shape index (κ2) is 8.49. The fourth-order valence-corrected chi connectivity index (χ4v) is 2.85. The maximum Gasteiger partial charge on any atom is 0.229 e. The van der Waals surface area contributed by atoms with Crippen molar-refractivity contribution in [1.82, 2.24) is 10.3 Å². The van der Waals surface area contributed by atoms with Gasteiger partial charge in [-0.05, 0) is 31.0 Å². The Morgan fingerprint density at radius 3 is 2.56 bits per heavy atom. The van der Waals surface area contributed by atoms with Gasteiger partial charge in [0.2, 0.25) is 5.89 Å². The molecule has 1 unspecified atom stereocenters. The molecular weight excluding hydrogens is 312 g/mol. The zero-order valence-corrected chi connectivity index (χ0v) is 14.7. The van der Waals surface area contributed by atoms with E-state index >= 15 is 0 Å². The Hall–Kier alpha value is -2.59.